The van der Waals surface area contributed by atoms with Gasteiger partial charge in [-0.2, -0.15) is 0 Å². The molecule has 0 bridgehead atoms. The van der Waals surface area contributed by atoms with Crippen LogP contribution in [0.3, 0.4) is 0 Å². The van der Waals surface area contributed by atoms with Crippen molar-refractivity contribution in [2.24, 2.45) is 5.92 Å². The fourth-order valence-corrected chi connectivity index (χ4v) is 4.35. The van der Waals surface area contributed by atoms with Crippen LogP contribution < -0.4 is 15.5 Å². The summed E-state index contributed by atoms with van der Waals surface area (Å²) in [7, 11) is 0. The summed E-state index contributed by atoms with van der Waals surface area (Å²) in [6.07, 6.45) is 6.20. The van der Waals surface area contributed by atoms with Gasteiger partial charge in [0.25, 0.3) is 5.91 Å². The summed E-state index contributed by atoms with van der Waals surface area (Å²) in [5.41, 5.74) is 0.388. The molecule has 1 atom stereocenters. The predicted octanol–water partition coefficient (Wildman–Crippen LogP) is 1.48. The summed E-state index contributed by atoms with van der Waals surface area (Å²) in [6, 6.07) is 3.89. The van der Waals surface area contributed by atoms with Crippen LogP contribution in [0, 0.1) is 5.92 Å². The number of carbonyl (C=O) groups is 1. The summed E-state index contributed by atoms with van der Waals surface area (Å²) in [5, 5.41) is 17.9. The van der Waals surface area contributed by atoms with Crippen molar-refractivity contribution >= 4 is 23.1 Å². The van der Waals surface area contributed by atoms with Gasteiger partial charge in [0.2, 0.25) is 0 Å². The minimum atomic E-state index is -0.139. The lowest BCUT2D eigenvalue weighted by atomic mass is 9.94. The molecule has 138 valence electrons. The molecule has 2 fully saturated rings. The topological polar surface area (TPSA) is 83.0 Å². The van der Waals surface area contributed by atoms with Gasteiger partial charge in [0.15, 0.2) is 11.5 Å². The molecule has 1 amide bonds. The fraction of sp³-hybridized carbons (Fsp3) is 0.556. The van der Waals surface area contributed by atoms with Gasteiger partial charge >= 0.3 is 0 Å². The third-order valence-corrected chi connectivity index (χ3v) is 5.97. The Hall–Kier alpha value is -2.06. The highest BCUT2D eigenvalue weighted by Crippen LogP contribution is 2.25. The Balaban J connectivity index is 1.29. The Labute approximate surface area is 157 Å². The average molecular weight is 372 g/mol. The van der Waals surface area contributed by atoms with E-state index in [4.69, 9.17) is 0 Å². The second-order valence-electron chi connectivity index (χ2n) is 7.00. The summed E-state index contributed by atoms with van der Waals surface area (Å²) in [5.74, 6) is 1.41. The number of carbonyl (C=O) groups excluding carboxylic acids is 1. The van der Waals surface area contributed by atoms with E-state index in [-0.39, 0.29) is 11.9 Å². The number of rotatable bonds is 5. The van der Waals surface area contributed by atoms with Crippen LogP contribution >= 0.6 is 11.3 Å². The van der Waals surface area contributed by atoms with Gasteiger partial charge in [-0.05, 0) is 43.9 Å². The van der Waals surface area contributed by atoms with Crippen LogP contribution in [-0.4, -0.2) is 53.3 Å². The van der Waals surface area contributed by atoms with Crippen molar-refractivity contribution in [3.63, 3.8) is 0 Å². The van der Waals surface area contributed by atoms with Gasteiger partial charge in [0.1, 0.15) is 0 Å². The SMILES string of the molecule is O=C(NC1CCNC1)c1ccc(N2CCC(Cc3nccs3)CC2)nn1. The zero-order chi connectivity index (χ0) is 17.8. The van der Waals surface area contributed by atoms with Crippen LogP contribution in [0.2, 0.25) is 0 Å². The summed E-state index contributed by atoms with van der Waals surface area (Å²) < 4.78 is 0. The van der Waals surface area contributed by atoms with Crippen molar-refractivity contribution in [1.82, 2.24) is 25.8 Å². The molecule has 2 N–H and O–H groups in total. The molecule has 2 aliphatic rings. The molecular weight excluding hydrogens is 348 g/mol. The quantitative estimate of drug-likeness (QED) is 0.827. The first kappa shape index (κ1) is 17.4. The number of nitrogens with one attached hydrogen (secondary N) is 2. The van der Waals surface area contributed by atoms with Gasteiger partial charge in [-0.1, -0.05) is 0 Å². The summed E-state index contributed by atoms with van der Waals surface area (Å²) in [4.78, 5) is 18.9. The van der Waals surface area contributed by atoms with Gasteiger partial charge in [-0.15, -0.1) is 21.5 Å². The predicted molar refractivity (Wildman–Crippen MR) is 102 cm³/mol. The lowest BCUT2D eigenvalue weighted by Gasteiger charge is -2.32. The summed E-state index contributed by atoms with van der Waals surface area (Å²) >= 11 is 1.74. The molecule has 8 heteroatoms. The lowest BCUT2D eigenvalue weighted by Crippen LogP contribution is -2.37. The van der Waals surface area contributed by atoms with Crippen molar-refractivity contribution in [3.8, 4) is 0 Å². The fourth-order valence-electron chi connectivity index (χ4n) is 3.62. The van der Waals surface area contributed by atoms with E-state index in [2.05, 4.69) is 30.7 Å². The van der Waals surface area contributed by atoms with Crippen LogP contribution in [0.5, 0.6) is 0 Å². The number of nitrogens with zero attached hydrogens (tertiary/aromatic N) is 4. The van der Waals surface area contributed by atoms with E-state index in [1.165, 1.54) is 5.01 Å². The Kier molecular flexibility index (Phi) is 5.40. The first-order valence-corrected chi connectivity index (χ1v) is 10.1. The molecule has 0 aromatic carbocycles. The third-order valence-electron chi connectivity index (χ3n) is 5.16. The zero-order valence-corrected chi connectivity index (χ0v) is 15.5. The lowest BCUT2D eigenvalue weighted by molar-refractivity contribution is 0.0934. The number of piperidine rings is 1. The van der Waals surface area contributed by atoms with E-state index < -0.39 is 0 Å². The van der Waals surface area contributed by atoms with E-state index >= 15 is 0 Å². The van der Waals surface area contributed by atoms with E-state index in [0.29, 0.717) is 11.6 Å². The molecule has 0 spiro atoms. The van der Waals surface area contributed by atoms with Gasteiger partial charge < -0.3 is 15.5 Å². The van der Waals surface area contributed by atoms with Crippen LogP contribution in [0.1, 0.15) is 34.8 Å². The molecule has 26 heavy (non-hydrogen) atoms. The minimum Gasteiger partial charge on any atom is -0.355 e. The second-order valence-corrected chi connectivity index (χ2v) is 7.98. The van der Waals surface area contributed by atoms with E-state index in [1.54, 1.807) is 17.4 Å². The number of amides is 1. The zero-order valence-electron chi connectivity index (χ0n) is 14.7. The maximum atomic E-state index is 12.2. The normalized spacial score (nSPS) is 21.1. The first-order valence-electron chi connectivity index (χ1n) is 9.26. The molecule has 7 nitrogen and oxygen atoms in total. The maximum absolute atomic E-state index is 12.2. The molecule has 2 saturated heterocycles. The highest BCUT2D eigenvalue weighted by atomic mass is 32.1. The van der Waals surface area contributed by atoms with Crippen LogP contribution in [0.25, 0.3) is 0 Å². The standard InChI is InChI=1S/C18H24N6OS/c25-18(21-14-3-6-19-12-14)15-1-2-16(23-22-15)24-8-4-13(5-9-24)11-17-20-7-10-26-17/h1-2,7,10,13-14,19H,3-6,8-9,11-12H2,(H,21,25). The Morgan fingerprint density at radius 2 is 2.15 bits per heavy atom. The second kappa shape index (κ2) is 8.09. The largest absolute Gasteiger partial charge is 0.355 e. The summed E-state index contributed by atoms with van der Waals surface area (Å²) in [6.45, 7) is 3.73. The number of hydrogen-bond acceptors (Lipinski definition) is 7. The van der Waals surface area contributed by atoms with Crippen LogP contribution in [0.15, 0.2) is 23.7 Å². The van der Waals surface area contributed by atoms with Gasteiger partial charge in [0, 0.05) is 43.7 Å². The van der Waals surface area contributed by atoms with Gasteiger partial charge in [0.05, 0.1) is 5.01 Å². The van der Waals surface area contributed by atoms with E-state index in [0.717, 1.165) is 57.7 Å². The Morgan fingerprint density at radius 1 is 1.27 bits per heavy atom. The molecule has 0 aliphatic carbocycles. The Bertz CT molecular complexity index is 706. The smallest absolute Gasteiger partial charge is 0.272 e. The number of anilines is 1. The minimum absolute atomic E-state index is 0.139. The first-order chi connectivity index (χ1) is 12.8. The Morgan fingerprint density at radius 3 is 2.81 bits per heavy atom. The van der Waals surface area contributed by atoms with E-state index in [9.17, 15) is 4.79 Å². The van der Waals surface area contributed by atoms with Crippen molar-refractivity contribution in [1.29, 1.82) is 0 Å². The monoisotopic (exact) mass is 372 g/mol. The number of hydrogen-bond donors (Lipinski definition) is 2. The molecule has 1 unspecified atom stereocenters. The number of aromatic nitrogens is 3. The molecule has 4 rings (SSSR count). The molecule has 4 heterocycles. The molecule has 2 aromatic rings. The number of thiazole rings is 1. The van der Waals surface area contributed by atoms with Crippen LogP contribution in [0.4, 0.5) is 5.82 Å². The molecular formula is C18H24N6OS. The van der Waals surface area contributed by atoms with Crippen LogP contribution in [-0.2, 0) is 6.42 Å². The van der Waals surface area contributed by atoms with Gasteiger partial charge in [-0.25, -0.2) is 4.98 Å². The van der Waals surface area contributed by atoms with Crippen molar-refractivity contribution in [2.45, 2.75) is 31.7 Å². The highest BCUT2D eigenvalue weighted by molar-refractivity contribution is 7.09. The average Bonchev–Trinajstić information content (AvgIpc) is 3.37. The van der Waals surface area contributed by atoms with Crippen molar-refractivity contribution in [2.75, 3.05) is 31.1 Å². The van der Waals surface area contributed by atoms with E-state index in [1.807, 2.05) is 17.6 Å². The third kappa shape index (κ3) is 4.19. The molecule has 0 radical (unpaired) electrons. The highest BCUT2D eigenvalue weighted by Gasteiger charge is 2.22. The molecule has 0 saturated carbocycles. The van der Waals surface area contributed by atoms with Crippen molar-refractivity contribution in [3.05, 3.63) is 34.4 Å². The molecule has 2 aliphatic heterocycles. The maximum Gasteiger partial charge on any atom is 0.272 e. The van der Waals surface area contributed by atoms with Crippen molar-refractivity contribution < 1.29 is 4.79 Å². The van der Waals surface area contributed by atoms with Gasteiger partial charge in [-0.3, -0.25) is 4.79 Å². The molecule has 2 aromatic heterocycles.